The second-order valence-corrected chi connectivity index (χ2v) is 7.20. The van der Waals surface area contributed by atoms with E-state index in [1.807, 2.05) is 0 Å². The number of sulfonamides is 1. The van der Waals surface area contributed by atoms with Crippen molar-refractivity contribution in [1.82, 2.24) is 9.62 Å². The Morgan fingerprint density at radius 3 is 2.86 bits per heavy atom. The van der Waals surface area contributed by atoms with Crippen molar-refractivity contribution in [1.29, 1.82) is 0 Å². The van der Waals surface area contributed by atoms with E-state index in [1.54, 1.807) is 18.2 Å². The summed E-state index contributed by atoms with van der Waals surface area (Å²) in [6.07, 6.45) is -0.772. The molecule has 0 spiro atoms. The first-order valence-electron chi connectivity index (χ1n) is 7.05. The predicted octanol–water partition coefficient (Wildman–Crippen LogP) is -0.148. The SMILES string of the molecule is CNC(=O)C1CN(S(=O)(=O)c2ccc3c(c2)COC3)CCO1. The van der Waals surface area contributed by atoms with Gasteiger partial charge in [0.1, 0.15) is 6.10 Å². The standard InChI is InChI=1S/C14H18N2O5S/c1-15-14(17)13-7-16(4-5-21-13)22(18,19)12-3-2-10-8-20-9-11(10)6-12/h2-3,6,13H,4-5,7-9H2,1H3,(H,15,17). The minimum Gasteiger partial charge on any atom is -0.372 e. The third-order valence-corrected chi connectivity index (χ3v) is 5.76. The van der Waals surface area contributed by atoms with Gasteiger partial charge in [0.05, 0.1) is 24.7 Å². The average Bonchev–Trinajstić information content (AvgIpc) is 3.01. The van der Waals surface area contributed by atoms with E-state index in [1.165, 1.54) is 11.4 Å². The molecule has 0 bridgehead atoms. The fourth-order valence-corrected chi connectivity index (χ4v) is 4.10. The van der Waals surface area contributed by atoms with Gasteiger partial charge in [0.2, 0.25) is 15.9 Å². The summed E-state index contributed by atoms with van der Waals surface area (Å²) in [5, 5.41) is 2.48. The van der Waals surface area contributed by atoms with Crippen molar-refractivity contribution in [3.8, 4) is 0 Å². The second-order valence-electron chi connectivity index (χ2n) is 5.26. The number of rotatable bonds is 3. The van der Waals surface area contributed by atoms with Crippen LogP contribution in [0.1, 0.15) is 11.1 Å². The van der Waals surface area contributed by atoms with Crippen molar-refractivity contribution < 1.29 is 22.7 Å². The molecular formula is C14H18N2O5S. The Morgan fingerprint density at radius 2 is 2.09 bits per heavy atom. The van der Waals surface area contributed by atoms with Crippen LogP contribution in [0.2, 0.25) is 0 Å². The number of carbonyl (C=O) groups excluding carboxylic acids is 1. The first-order chi connectivity index (χ1) is 10.5. The minimum absolute atomic E-state index is 0.0234. The third-order valence-electron chi connectivity index (χ3n) is 3.90. The highest BCUT2D eigenvalue weighted by Crippen LogP contribution is 2.25. The number of likely N-dealkylation sites (N-methyl/N-ethyl adjacent to an activating group) is 1. The Balaban J connectivity index is 1.84. The molecule has 1 saturated heterocycles. The molecule has 1 amide bonds. The monoisotopic (exact) mass is 326 g/mol. The van der Waals surface area contributed by atoms with Crippen molar-refractivity contribution in [2.24, 2.45) is 0 Å². The number of benzene rings is 1. The van der Waals surface area contributed by atoms with E-state index in [2.05, 4.69) is 5.32 Å². The number of ether oxygens (including phenoxy) is 2. The van der Waals surface area contributed by atoms with Crippen LogP contribution in [0, 0.1) is 0 Å². The molecule has 1 aromatic carbocycles. The Labute approximate surface area is 129 Å². The molecule has 0 aliphatic carbocycles. The predicted molar refractivity (Wildman–Crippen MR) is 77.5 cm³/mol. The molecule has 2 heterocycles. The summed E-state index contributed by atoms with van der Waals surface area (Å²) in [6, 6.07) is 5.03. The van der Waals surface area contributed by atoms with Crippen LogP contribution in [0.3, 0.4) is 0 Å². The van der Waals surface area contributed by atoms with Gasteiger partial charge in [-0.15, -0.1) is 0 Å². The Morgan fingerprint density at radius 1 is 1.32 bits per heavy atom. The van der Waals surface area contributed by atoms with E-state index in [0.29, 0.717) is 13.2 Å². The Hall–Kier alpha value is -1.48. The highest BCUT2D eigenvalue weighted by molar-refractivity contribution is 7.89. The largest absolute Gasteiger partial charge is 0.372 e. The summed E-state index contributed by atoms with van der Waals surface area (Å²) in [5.41, 5.74) is 1.92. The van der Waals surface area contributed by atoms with Crippen LogP contribution < -0.4 is 5.32 Å². The lowest BCUT2D eigenvalue weighted by Gasteiger charge is -2.31. The Bertz CT molecular complexity index is 688. The molecule has 1 atom stereocenters. The summed E-state index contributed by atoms with van der Waals surface area (Å²) < 4.78 is 37.4. The number of nitrogens with zero attached hydrogens (tertiary/aromatic N) is 1. The maximum atomic E-state index is 12.7. The van der Waals surface area contributed by atoms with E-state index < -0.39 is 16.1 Å². The maximum Gasteiger partial charge on any atom is 0.250 e. The zero-order chi connectivity index (χ0) is 15.7. The van der Waals surface area contributed by atoms with E-state index >= 15 is 0 Å². The number of amides is 1. The first kappa shape index (κ1) is 15.4. The summed E-state index contributed by atoms with van der Waals surface area (Å²) >= 11 is 0. The first-order valence-corrected chi connectivity index (χ1v) is 8.49. The number of nitrogens with one attached hydrogen (secondary N) is 1. The molecular weight excluding hydrogens is 308 g/mol. The molecule has 120 valence electrons. The van der Waals surface area contributed by atoms with Crippen molar-refractivity contribution in [2.75, 3.05) is 26.7 Å². The van der Waals surface area contributed by atoms with E-state index in [9.17, 15) is 13.2 Å². The van der Waals surface area contributed by atoms with Gasteiger partial charge < -0.3 is 14.8 Å². The molecule has 1 fully saturated rings. The second kappa shape index (κ2) is 5.96. The van der Waals surface area contributed by atoms with Crippen LogP contribution in [0.25, 0.3) is 0 Å². The van der Waals surface area contributed by atoms with Gasteiger partial charge in [0, 0.05) is 20.1 Å². The van der Waals surface area contributed by atoms with E-state index in [-0.39, 0.29) is 30.5 Å². The third kappa shape index (κ3) is 2.74. The molecule has 0 radical (unpaired) electrons. The molecule has 0 aromatic heterocycles. The topological polar surface area (TPSA) is 84.9 Å². The minimum atomic E-state index is -3.64. The molecule has 1 unspecified atom stereocenters. The van der Waals surface area contributed by atoms with Gasteiger partial charge >= 0.3 is 0 Å². The van der Waals surface area contributed by atoms with Gasteiger partial charge in [-0.25, -0.2) is 8.42 Å². The lowest BCUT2D eigenvalue weighted by Crippen LogP contribution is -2.50. The number of carbonyl (C=O) groups is 1. The van der Waals surface area contributed by atoms with E-state index in [4.69, 9.17) is 9.47 Å². The molecule has 7 nitrogen and oxygen atoms in total. The lowest BCUT2D eigenvalue weighted by molar-refractivity contribution is -0.135. The number of fused-ring (bicyclic) bond motifs is 1. The molecule has 8 heteroatoms. The zero-order valence-electron chi connectivity index (χ0n) is 12.2. The van der Waals surface area contributed by atoms with Gasteiger partial charge in [0.15, 0.2) is 0 Å². The fraction of sp³-hybridized carbons (Fsp3) is 0.500. The van der Waals surface area contributed by atoms with Gasteiger partial charge in [-0.1, -0.05) is 6.07 Å². The zero-order valence-corrected chi connectivity index (χ0v) is 13.1. The molecule has 3 rings (SSSR count). The lowest BCUT2D eigenvalue weighted by atomic mass is 10.1. The normalized spacial score (nSPS) is 22.3. The van der Waals surface area contributed by atoms with Gasteiger partial charge in [-0.05, 0) is 23.3 Å². The van der Waals surface area contributed by atoms with Crippen LogP contribution in [-0.2, 0) is 37.5 Å². The molecule has 22 heavy (non-hydrogen) atoms. The van der Waals surface area contributed by atoms with E-state index in [0.717, 1.165) is 11.1 Å². The smallest absolute Gasteiger partial charge is 0.250 e. The van der Waals surface area contributed by atoms with Crippen molar-refractivity contribution in [3.63, 3.8) is 0 Å². The van der Waals surface area contributed by atoms with Crippen LogP contribution in [0.5, 0.6) is 0 Å². The van der Waals surface area contributed by atoms with Gasteiger partial charge in [-0.2, -0.15) is 4.31 Å². The quantitative estimate of drug-likeness (QED) is 0.835. The maximum absolute atomic E-state index is 12.7. The van der Waals surface area contributed by atoms with Crippen LogP contribution >= 0.6 is 0 Å². The number of morpholine rings is 1. The average molecular weight is 326 g/mol. The highest BCUT2D eigenvalue weighted by Gasteiger charge is 2.34. The molecule has 2 aliphatic rings. The molecule has 1 aromatic rings. The number of hydrogen-bond acceptors (Lipinski definition) is 5. The number of hydrogen-bond donors (Lipinski definition) is 1. The Kier molecular flexibility index (Phi) is 4.18. The molecule has 2 aliphatic heterocycles. The van der Waals surface area contributed by atoms with Crippen LogP contribution in [0.4, 0.5) is 0 Å². The van der Waals surface area contributed by atoms with Gasteiger partial charge in [0.25, 0.3) is 0 Å². The molecule has 1 N–H and O–H groups in total. The van der Waals surface area contributed by atoms with Crippen molar-refractivity contribution in [3.05, 3.63) is 29.3 Å². The van der Waals surface area contributed by atoms with Crippen LogP contribution in [-0.4, -0.2) is 51.5 Å². The van der Waals surface area contributed by atoms with Crippen molar-refractivity contribution in [2.45, 2.75) is 24.2 Å². The highest BCUT2D eigenvalue weighted by atomic mass is 32.2. The van der Waals surface area contributed by atoms with Crippen LogP contribution in [0.15, 0.2) is 23.1 Å². The van der Waals surface area contributed by atoms with Crippen molar-refractivity contribution >= 4 is 15.9 Å². The van der Waals surface area contributed by atoms with Gasteiger partial charge in [-0.3, -0.25) is 4.79 Å². The summed E-state index contributed by atoms with van der Waals surface area (Å²) in [6.45, 7) is 1.42. The molecule has 0 saturated carbocycles. The summed E-state index contributed by atoms with van der Waals surface area (Å²) in [5.74, 6) is -0.317. The fourth-order valence-electron chi connectivity index (χ4n) is 2.62. The summed E-state index contributed by atoms with van der Waals surface area (Å²) in [7, 11) is -2.14. The summed E-state index contributed by atoms with van der Waals surface area (Å²) in [4.78, 5) is 11.9.